The van der Waals surface area contributed by atoms with Gasteiger partial charge in [0.2, 0.25) is 0 Å². The molecule has 2 atom stereocenters. The summed E-state index contributed by atoms with van der Waals surface area (Å²) in [7, 11) is 1.44. The Morgan fingerprint density at radius 3 is 2.49 bits per heavy atom. The van der Waals surface area contributed by atoms with Crippen LogP contribution in [0.15, 0.2) is 65.8 Å². The van der Waals surface area contributed by atoms with Crippen LogP contribution < -0.4 is 20.2 Å². The number of phenolic OH excluding ortho intramolecular Hbond substituents is 1. The molecule has 3 rings (SSSR count). The van der Waals surface area contributed by atoms with Crippen molar-refractivity contribution in [1.82, 2.24) is 10.7 Å². The molecule has 3 aromatic carbocycles. The van der Waals surface area contributed by atoms with Gasteiger partial charge in [0.1, 0.15) is 11.8 Å². The maximum atomic E-state index is 13.0. The molecule has 8 nitrogen and oxygen atoms in total. The van der Waals surface area contributed by atoms with E-state index in [1.54, 1.807) is 31.2 Å². The largest absolute Gasteiger partial charge is 0.504 e. The van der Waals surface area contributed by atoms with Crippen LogP contribution in [0.25, 0.3) is 0 Å². The minimum Gasteiger partial charge on any atom is -0.504 e. The van der Waals surface area contributed by atoms with Gasteiger partial charge in [-0.1, -0.05) is 53.5 Å². The molecule has 3 N–H and O–H groups in total. The van der Waals surface area contributed by atoms with Crippen molar-refractivity contribution in [3.05, 3.63) is 85.4 Å². The molecule has 37 heavy (non-hydrogen) atoms. The molecule has 2 amide bonds. The van der Waals surface area contributed by atoms with Gasteiger partial charge in [-0.3, -0.25) is 9.59 Å². The number of rotatable bonds is 10. The average Bonchev–Trinajstić information content (AvgIpc) is 2.87. The van der Waals surface area contributed by atoms with Crippen molar-refractivity contribution in [2.24, 2.45) is 5.10 Å². The van der Waals surface area contributed by atoms with Gasteiger partial charge in [0.25, 0.3) is 11.8 Å². The van der Waals surface area contributed by atoms with E-state index in [4.69, 9.17) is 32.7 Å². The zero-order valence-electron chi connectivity index (χ0n) is 19.9. The van der Waals surface area contributed by atoms with E-state index in [9.17, 15) is 14.7 Å². The molecular weight excluding hydrogens is 632 g/mol. The van der Waals surface area contributed by atoms with Crippen molar-refractivity contribution in [1.29, 1.82) is 0 Å². The number of carbonyl (C=O) groups excluding carboxylic acids is 2. The Balaban J connectivity index is 1.71. The van der Waals surface area contributed by atoms with Crippen LogP contribution in [0.2, 0.25) is 10.0 Å². The van der Waals surface area contributed by atoms with Crippen LogP contribution in [0.5, 0.6) is 17.2 Å². The number of amides is 2. The summed E-state index contributed by atoms with van der Waals surface area (Å²) in [5.41, 5.74) is 3.91. The molecule has 3 aromatic rings. The fraction of sp³-hybridized carbons (Fsp3) is 0.192. The molecule has 0 saturated carbocycles. The normalized spacial score (nSPS) is 12.6. The Morgan fingerprint density at radius 1 is 1.08 bits per heavy atom. The Labute approximate surface area is 238 Å². The Kier molecular flexibility index (Phi) is 10.4. The summed E-state index contributed by atoms with van der Waals surface area (Å²) in [6, 6.07) is 16.3. The first-order valence-corrected chi connectivity index (χ1v) is 12.9. The zero-order valence-corrected chi connectivity index (χ0v) is 23.5. The number of phenols is 1. The van der Waals surface area contributed by atoms with E-state index in [2.05, 4.69) is 15.8 Å². The van der Waals surface area contributed by atoms with Crippen LogP contribution in [0.1, 0.15) is 18.1 Å². The van der Waals surface area contributed by atoms with Gasteiger partial charge >= 0.3 is 0 Å². The van der Waals surface area contributed by atoms with E-state index in [-0.39, 0.29) is 22.9 Å². The molecular formula is C26H24Cl2IN3O5. The number of benzene rings is 3. The molecule has 0 bridgehead atoms. The Hall–Kier alpha value is -3.02. The van der Waals surface area contributed by atoms with Crippen LogP contribution >= 0.6 is 45.8 Å². The van der Waals surface area contributed by atoms with Gasteiger partial charge in [-0.25, -0.2) is 5.43 Å². The number of nitrogens with one attached hydrogen (secondary N) is 2. The summed E-state index contributed by atoms with van der Waals surface area (Å²) < 4.78 is 11.4. The smallest absolute Gasteiger partial charge is 0.262 e. The molecule has 0 aliphatic rings. The summed E-state index contributed by atoms with van der Waals surface area (Å²) >= 11 is 14.0. The van der Waals surface area contributed by atoms with Gasteiger partial charge in [-0.05, 0) is 71.0 Å². The molecule has 11 heteroatoms. The highest BCUT2D eigenvalue weighted by Gasteiger charge is 2.25. The molecule has 0 heterocycles. The second-order valence-corrected chi connectivity index (χ2v) is 9.88. The fourth-order valence-corrected chi connectivity index (χ4v) is 4.31. The van der Waals surface area contributed by atoms with Crippen molar-refractivity contribution in [3.8, 4) is 17.2 Å². The predicted molar refractivity (Wildman–Crippen MR) is 152 cm³/mol. The van der Waals surface area contributed by atoms with Crippen LogP contribution in [-0.4, -0.2) is 42.4 Å². The van der Waals surface area contributed by atoms with E-state index in [1.165, 1.54) is 19.4 Å². The lowest BCUT2D eigenvalue weighted by Gasteiger charge is -2.21. The number of methoxy groups -OCH3 is 1. The lowest BCUT2D eigenvalue weighted by Crippen LogP contribution is -2.50. The van der Waals surface area contributed by atoms with Crippen LogP contribution in [-0.2, 0) is 16.0 Å². The molecule has 0 fully saturated rings. The van der Waals surface area contributed by atoms with Gasteiger partial charge in [0.15, 0.2) is 17.6 Å². The number of hydrazone groups is 1. The van der Waals surface area contributed by atoms with E-state index >= 15 is 0 Å². The van der Waals surface area contributed by atoms with E-state index in [1.807, 2.05) is 52.9 Å². The maximum absolute atomic E-state index is 13.0. The third-order valence-electron chi connectivity index (χ3n) is 5.14. The van der Waals surface area contributed by atoms with Crippen LogP contribution in [0.3, 0.4) is 0 Å². The standard InChI is InChI=1S/C26H24Cl2IN3O5/c1-15(37-22-9-8-18(27)13-19(22)28)25(34)31-21(11-16-6-4-3-5-7-16)26(35)32-30-14-17-10-20(29)24(33)23(12-17)36-2/h3-10,12-15,21,33H,11H2,1-2H3,(H,31,34)(H,32,35)/b30-14-/t15-,21+/m0/s1. The minimum absolute atomic E-state index is 0.0196. The minimum atomic E-state index is -0.945. The lowest BCUT2D eigenvalue weighted by atomic mass is 10.1. The van der Waals surface area contributed by atoms with Gasteiger partial charge in [-0.15, -0.1) is 0 Å². The molecule has 194 valence electrons. The number of hydrogen-bond donors (Lipinski definition) is 3. The number of hydrogen-bond acceptors (Lipinski definition) is 6. The first-order valence-electron chi connectivity index (χ1n) is 11.0. The Morgan fingerprint density at radius 2 is 1.81 bits per heavy atom. The molecule has 0 aliphatic heterocycles. The van der Waals surface area contributed by atoms with E-state index in [0.29, 0.717) is 19.9 Å². The zero-order chi connectivity index (χ0) is 26.9. The van der Waals surface area contributed by atoms with Gasteiger partial charge in [-0.2, -0.15) is 5.10 Å². The van der Waals surface area contributed by atoms with Crippen molar-refractivity contribution < 1.29 is 24.2 Å². The third-order valence-corrected chi connectivity index (χ3v) is 6.49. The molecule has 0 saturated heterocycles. The first-order chi connectivity index (χ1) is 17.7. The lowest BCUT2D eigenvalue weighted by molar-refractivity contribution is -0.132. The van der Waals surface area contributed by atoms with Crippen molar-refractivity contribution in [3.63, 3.8) is 0 Å². The molecule has 0 unspecified atom stereocenters. The predicted octanol–water partition coefficient (Wildman–Crippen LogP) is 4.96. The number of aromatic hydroxyl groups is 1. The summed E-state index contributed by atoms with van der Waals surface area (Å²) in [5, 5.41) is 17.4. The SMILES string of the molecule is COc1cc(/C=N\NC(=O)[C@@H](Cc2ccccc2)NC(=O)[C@H](C)Oc2ccc(Cl)cc2Cl)cc(I)c1O. The molecule has 0 aromatic heterocycles. The highest BCUT2D eigenvalue weighted by Crippen LogP contribution is 2.32. The number of ether oxygens (including phenoxy) is 2. The summed E-state index contributed by atoms with van der Waals surface area (Å²) in [6.45, 7) is 1.55. The van der Waals surface area contributed by atoms with Gasteiger partial charge < -0.3 is 19.9 Å². The quantitative estimate of drug-likeness (QED) is 0.163. The van der Waals surface area contributed by atoms with Crippen LogP contribution in [0, 0.1) is 3.57 Å². The van der Waals surface area contributed by atoms with Gasteiger partial charge in [0.05, 0.1) is 21.9 Å². The third kappa shape index (κ3) is 8.24. The second kappa shape index (κ2) is 13.5. The van der Waals surface area contributed by atoms with Crippen molar-refractivity contribution in [2.75, 3.05) is 7.11 Å². The van der Waals surface area contributed by atoms with E-state index in [0.717, 1.165) is 5.56 Å². The fourth-order valence-electron chi connectivity index (χ4n) is 3.24. The summed E-state index contributed by atoms with van der Waals surface area (Å²) in [6.07, 6.45) is 0.699. The second-order valence-electron chi connectivity index (χ2n) is 7.87. The van der Waals surface area contributed by atoms with Crippen molar-refractivity contribution >= 4 is 63.8 Å². The monoisotopic (exact) mass is 655 g/mol. The van der Waals surface area contributed by atoms with Gasteiger partial charge in [0, 0.05) is 11.4 Å². The first kappa shape index (κ1) is 28.5. The Bertz CT molecular complexity index is 1290. The molecule has 0 aliphatic carbocycles. The number of nitrogens with zero attached hydrogens (tertiary/aromatic N) is 1. The molecule has 0 spiro atoms. The number of carbonyl (C=O) groups is 2. The highest BCUT2D eigenvalue weighted by molar-refractivity contribution is 14.1. The van der Waals surface area contributed by atoms with Crippen LogP contribution in [0.4, 0.5) is 0 Å². The van der Waals surface area contributed by atoms with E-state index < -0.39 is 24.0 Å². The molecule has 0 radical (unpaired) electrons. The van der Waals surface area contributed by atoms with Crippen molar-refractivity contribution in [2.45, 2.75) is 25.5 Å². The maximum Gasteiger partial charge on any atom is 0.262 e. The average molecular weight is 656 g/mol. The highest BCUT2D eigenvalue weighted by atomic mass is 127. The summed E-state index contributed by atoms with van der Waals surface area (Å²) in [5.74, 6) is -0.439. The summed E-state index contributed by atoms with van der Waals surface area (Å²) in [4.78, 5) is 25.9. The number of halogens is 3. The topological polar surface area (TPSA) is 109 Å².